The van der Waals surface area contributed by atoms with Crippen LogP contribution < -0.4 is 9.80 Å². The summed E-state index contributed by atoms with van der Waals surface area (Å²) in [7, 11) is 3.50. The van der Waals surface area contributed by atoms with E-state index < -0.39 is 30.0 Å². The van der Waals surface area contributed by atoms with E-state index in [0.29, 0.717) is 41.0 Å². The van der Waals surface area contributed by atoms with Gasteiger partial charge in [-0.1, -0.05) is 34.6 Å². The second-order valence-corrected chi connectivity index (χ2v) is 14.9. The number of alkyl halides is 6. The van der Waals surface area contributed by atoms with E-state index in [4.69, 9.17) is 4.98 Å². The van der Waals surface area contributed by atoms with E-state index in [1.54, 1.807) is 25.2 Å². The number of nitrogens with one attached hydrogen (secondary N) is 1. The monoisotopic (exact) mass is 774 g/mol. The lowest BCUT2D eigenvalue weighted by Gasteiger charge is -2.29. The third-order valence-corrected chi connectivity index (χ3v) is 8.55. The molecule has 0 atom stereocenters. The van der Waals surface area contributed by atoms with Gasteiger partial charge in [0.15, 0.2) is 11.4 Å². The van der Waals surface area contributed by atoms with Gasteiger partial charge in [-0.25, -0.2) is 15.0 Å². The van der Waals surface area contributed by atoms with Gasteiger partial charge in [-0.05, 0) is 80.2 Å². The highest BCUT2D eigenvalue weighted by Gasteiger charge is 2.37. The molecule has 15 heteroatoms. The van der Waals surface area contributed by atoms with E-state index in [1.807, 2.05) is 26.8 Å². The molecule has 1 N–H and O–H groups in total. The Morgan fingerprint density at radius 3 is 1.85 bits per heavy atom. The minimum absolute atomic E-state index is 0.000147. The zero-order chi connectivity index (χ0) is 40.7. The molecule has 3 heterocycles. The number of allylic oxidation sites excluding steroid dienone is 1. The number of benzene rings is 1. The molecule has 2 aliphatic carbocycles. The molecule has 4 aromatic rings. The van der Waals surface area contributed by atoms with Crippen LogP contribution in [0.3, 0.4) is 0 Å². The van der Waals surface area contributed by atoms with Crippen LogP contribution in [-0.2, 0) is 25.4 Å². The molecule has 3 aromatic heterocycles. The molecule has 0 bridgehead atoms. The van der Waals surface area contributed by atoms with Crippen LogP contribution in [0.25, 0.3) is 11.0 Å². The molecule has 1 aromatic carbocycles. The maximum atomic E-state index is 13.8. The molecular formula is C40H52F6N8O. The van der Waals surface area contributed by atoms with Crippen molar-refractivity contribution < 1.29 is 31.1 Å². The summed E-state index contributed by atoms with van der Waals surface area (Å²) in [5, 5.41) is 8.05. The molecule has 0 saturated heterocycles. The van der Waals surface area contributed by atoms with Crippen LogP contribution in [-0.4, -0.2) is 63.0 Å². The molecule has 300 valence electrons. The quantitative estimate of drug-likeness (QED) is 0.0816. The number of aryl methyl sites for hydroxylation is 1. The normalized spacial score (nSPS) is 14.4. The number of fused-ring (bicyclic) bond motifs is 1. The average molecular weight is 775 g/mol. The summed E-state index contributed by atoms with van der Waals surface area (Å²) in [6, 6.07) is 3.44. The van der Waals surface area contributed by atoms with E-state index >= 15 is 0 Å². The van der Waals surface area contributed by atoms with Gasteiger partial charge >= 0.3 is 12.4 Å². The molecule has 2 saturated carbocycles. The Labute approximate surface area is 319 Å². The molecule has 0 unspecified atom stereocenters. The maximum Gasteiger partial charge on any atom is 0.416 e. The van der Waals surface area contributed by atoms with Crippen LogP contribution in [0.1, 0.15) is 98.6 Å². The van der Waals surface area contributed by atoms with Gasteiger partial charge in [-0.3, -0.25) is 9.89 Å². The number of halogens is 6. The van der Waals surface area contributed by atoms with E-state index in [0.717, 1.165) is 55.8 Å². The van der Waals surface area contributed by atoms with Crippen molar-refractivity contribution in [3.63, 3.8) is 0 Å². The largest absolute Gasteiger partial charge is 0.416 e. The van der Waals surface area contributed by atoms with Crippen LogP contribution in [0.15, 0.2) is 48.9 Å². The minimum Gasteiger partial charge on any atom is -0.383 e. The number of aromatic nitrogens is 5. The van der Waals surface area contributed by atoms with Gasteiger partial charge in [-0.15, -0.1) is 0 Å². The van der Waals surface area contributed by atoms with Gasteiger partial charge < -0.3 is 14.7 Å². The molecule has 0 spiro atoms. The number of hydrogen-bond donors (Lipinski definition) is 1. The lowest BCUT2D eigenvalue weighted by Crippen LogP contribution is -2.32. The lowest BCUT2D eigenvalue weighted by atomic mass is 10.0. The molecule has 0 aliphatic heterocycles. The van der Waals surface area contributed by atoms with Crippen molar-refractivity contribution in [2.45, 2.75) is 92.7 Å². The SMILES string of the molecule is CC.CC(C)C.Cc1[nH]nc2nc(N(CC3CC3)CC3CC3)c(CN(Cc3cc(C(F)(F)F)cc(C(F)(F)F)c3)c3ncc(C(=O)/C=C/N(C)C)cn3)cc12. The van der Waals surface area contributed by atoms with E-state index in [2.05, 4.69) is 45.8 Å². The minimum atomic E-state index is -5.01. The van der Waals surface area contributed by atoms with E-state index in [9.17, 15) is 31.1 Å². The molecule has 2 fully saturated rings. The summed E-state index contributed by atoms with van der Waals surface area (Å²) in [5.41, 5.74) is -0.929. The van der Waals surface area contributed by atoms with Gasteiger partial charge in [0.1, 0.15) is 5.82 Å². The molecule has 0 radical (unpaired) electrons. The van der Waals surface area contributed by atoms with Gasteiger partial charge in [-0.2, -0.15) is 31.4 Å². The Kier molecular flexibility index (Phi) is 14.3. The van der Waals surface area contributed by atoms with E-state index in [1.165, 1.54) is 23.4 Å². The predicted molar refractivity (Wildman–Crippen MR) is 204 cm³/mol. The summed E-state index contributed by atoms with van der Waals surface area (Å²) < 4.78 is 82.9. The number of carbonyl (C=O) groups is 1. The van der Waals surface area contributed by atoms with Gasteiger partial charge in [0, 0.05) is 81.6 Å². The zero-order valence-corrected chi connectivity index (χ0v) is 32.8. The molecular weight excluding hydrogens is 722 g/mol. The fraction of sp³-hybridized carbons (Fsp3) is 0.525. The smallest absolute Gasteiger partial charge is 0.383 e. The lowest BCUT2D eigenvalue weighted by molar-refractivity contribution is -0.143. The van der Waals surface area contributed by atoms with Crippen molar-refractivity contribution in [2.24, 2.45) is 17.8 Å². The molecule has 6 rings (SSSR count). The number of hydrogen-bond acceptors (Lipinski definition) is 8. The van der Waals surface area contributed by atoms with Crippen molar-refractivity contribution in [3.8, 4) is 0 Å². The van der Waals surface area contributed by atoms with Gasteiger partial charge in [0.2, 0.25) is 5.95 Å². The van der Waals surface area contributed by atoms with Crippen molar-refractivity contribution in [1.29, 1.82) is 0 Å². The number of anilines is 2. The Morgan fingerprint density at radius 1 is 0.855 bits per heavy atom. The summed E-state index contributed by atoms with van der Waals surface area (Å²) >= 11 is 0. The number of pyridine rings is 1. The third kappa shape index (κ3) is 12.7. The fourth-order valence-corrected chi connectivity index (χ4v) is 5.61. The zero-order valence-electron chi connectivity index (χ0n) is 32.8. The molecule has 55 heavy (non-hydrogen) atoms. The maximum absolute atomic E-state index is 13.8. The predicted octanol–water partition coefficient (Wildman–Crippen LogP) is 9.87. The van der Waals surface area contributed by atoms with Crippen molar-refractivity contribution in [3.05, 3.63) is 82.4 Å². The summed E-state index contributed by atoms with van der Waals surface area (Å²) in [5.74, 6) is 2.17. The van der Waals surface area contributed by atoms with Crippen LogP contribution in [0, 0.1) is 24.7 Å². The Balaban J connectivity index is 0.00000105. The van der Waals surface area contributed by atoms with Crippen LogP contribution in [0.5, 0.6) is 0 Å². The molecule has 2 aliphatic rings. The Hall–Kier alpha value is -4.69. The van der Waals surface area contributed by atoms with Crippen molar-refractivity contribution >= 4 is 28.6 Å². The van der Waals surface area contributed by atoms with Gasteiger partial charge in [0.25, 0.3) is 0 Å². The first-order valence-electron chi connectivity index (χ1n) is 18.7. The molecule has 9 nitrogen and oxygen atoms in total. The first-order valence-corrected chi connectivity index (χ1v) is 18.7. The topological polar surface area (TPSA) is 94.1 Å². The van der Waals surface area contributed by atoms with Crippen LogP contribution in [0.4, 0.5) is 38.1 Å². The van der Waals surface area contributed by atoms with Crippen molar-refractivity contribution in [2.75, 3.05) is 37.0 Å². The van der Waals surface area contributed by atoms with Crippen LogP contribution in [0.2, 0.25) is 0 Å². The number of carbonyl (C=O) groups excluding carboxylic acids is 1. The Morgan fingerprint density at radius 2 is 1.38 bits per heavy atom. The highest BCUT2D eigenvalue weighted by Crippen LogP contribution is 2.39. The summed E-state index contributed by atoms with van der Waals surface area (Å²) in [6.45, 7) is 13.5. The average Bonchev–Trinajstić information content (AvgIpc) is 4.07. The molecule has 0 amide bonds. The number of nitrogens with zero attached hydrogens (tertiary/aromatic N) is 7. The van der Waals surface area contributed by atoms with Gasteiger partial charge in [0.05, 0.1) is 16.7 Å². The summed E-state index contributed by atoms with van der Waals surface area (Å²) in [4.78, 5) is 31.8. The number of aromatic amines is 1. The standard InChI is InChI=1S/C34H36F6N8O.C4H10.C2H6/c1-20-28-12-24(31(43-30(28)45-44-20)47(16-21-4-5-21)17-22-6-7-22)19-48(32-41-14-25(15-42-32)29(49)8-9-46(2)3)18-23-10-26(33(35,36)37)13-27(11-23)34(38,39)40;1-4(2)3;1-2/h8-15,21-22H,4-7,16-19H2,1-3H3,(H,43,44,45);4H,1-3H3;1-2H3/b9-8+;;. The van der Waals surface area contributed by atoms with E-state index in [-0.39, 0.29) is 35.5 Å². The van der Waals surface area contributed by atoms with Crippen molar-refractivity contribution in [1.82, 2.24) is 30.0 Å². The fourth-order valence-electron chi connectivity index (χ4n) is 5.61. The second kappa shape index (κ2) is 18.3. The first kappa shape index (κ1) is 43.0. The highest BCUT2D eigenvalue weighted by molar-refractivity contribution is 6.04. The highest BCUT2D eigenvalue weighted by atomic mass is 19.4. The van der Waals surface area contributed by atoms with Crippen LogP contribution >= 0.6 is 0 Å². The first-order chi connectivity index (χ1) is 25.9. The summed E-state index contributed by atoms with van der Waals surface area (Å²) in [6.07, 6.45) is -0.117. The number of H-pyrrole nitrogens is 1. The number of ketones is 1. The number of rotatable bonds is 13. The second-order valence-electron chi connectivity index (χ2n) is 14.9. The third-order valence-electron chi connectivity index (χ3n) is 8.55. The Bertz CT molecular complexity index is 1850.